The van der Waals surface area contributed by atoms with Gasteiger partial charge in [0, 0.05) is 24.8 Å². The molecule has 1 fully saturated rings. The summed E-state index contributed by atoms with van der Waals surface area (Å²) in [7, 11) is 2.14. The second kappa shape index (κ2) is 6.57. The van der Waals surface area contributed by atoms with E-state index in [1.54, 1.807) is 12.1 Å². The van der Waals surface area contributed by atoms with E-state index in [-0.39, 0.29) is 11.9 Å². The Morgan fingerprint density at radius 1 is 1.30 bits per heavy atom. The van der Waals surface area contributed by atoms with Crippen molar-refractivity contribution < 1.29 is 4.39 Å². The van der Waals surface area contributed by atoms with Crippen LogP contribution in [0.25, 0.3) is 0 Å². The largest absolute Gasteiger partial charge is 0.371 e. The van der Waals surface area contributed by atoms with Crippen molar-refractivity contribution in [2.75, 3.05) is 11.9 Å². The lowest BCUT2D eigenvalue weighted by Gasteiger charge is -2.36. The van der Waals surface area contributed by atoms with Gasteiger partial charge in [0.2, 0.25) is 0 Å². The van der Waals surface area contributed by atoms with E-state index in [1.165, 1.54) is 25.7 Å². The third-order valence-corrected chi connectivity index (χ3v) is 4.50. The van der Waals surface area contributed by atoms with Gasteiger partial charge < -0.3 is 10.6 Å². The average Bonchev–Trinajstić information content (AvgIpc) is 2.38. The Hall–Kier alpha value is -1.09. The van der Waals surface area contributed by atoms with E-state index < -0.39 is 0 Å². The molecule has 0 amide bonds. The minimum absolute atomic E-state index is 0.0512. The van der Waals surface area contributed by atoms with Crippen LogP contribution >= 0.6 is 0 Å². The Kier molecular flexibility index (Phi) is 5.03. The molecule has 0 aliphatic heterocycles. The lowest BCUT2D eigenvalue weighted by atomic mass is 9.86. The summed E-state index contributed by atoms with van der Waals surface area (Å²) >= 11 is 0. The molecule has 1 aliphatic rings. The fourth-order valence-corrected chi connectivity index (χ4v) is 3.24. The molecule has 0 saturated heterocycles. The summed E-state index contributed by atoms with van der Waals surface area (Å²) in [5.74, 6) is 0.673. The third-order valence-electron chi connectivity index (χ3n) is 4.50. The summed E-state index contributed by atoms with van der Waals surface area (Å²) in [6, 6.07) is 5.73. The minimum atomic E-state index is -0.171. The highest BCUT2D eigenvalue weighted by Gasteiger charge is 2.23. The number of hydrogen-bond donors (Lipinski definition) is 1. The maximum atomic E-state index is 13.5. The van der Waals surface area contributed by atoms with E-state index in [4.69, 9.17) is 5.73 Å². The highest BCUT2D eigenvalue weighted by Crippen LogP contribution is 2.31. The maximum absolute atomic E-state index is 13.5. The molecule has 2 rings (SSSR count). The van der Waals surface area contributed by atoms with Crippen LogP contribution in [-0.4, -0.2) is 19.1 Å². The van der Waals surface area contributed by atoms with Crippen LogP contribution in [0.4, 0.5) is 10.1 Å². The van der Waals surface area contributed by atoms with Gasteiger partial charge in [-0.25, -0.2) is 4.39 Å². The Morgan fingerprint density at radius 3 is 2.55 bits per heavy atom. The monoisotopic (exact) mass is 278 g/mol. The normalized spacial score (nSPS) is 24.4. The lowest BCUT2D eigenvalue weighted by molar-refractivity contribution is 0.340. The van der Waals surface area contributed by atoms with E-state index in [2.05, 4.69) is 18.9 Å². The van der Waals surface area contributed by atoms with Crippen molar-refractivity contribution in [1.82, 2.24) is 0 Å². The first-order valence-electron chi connectivity index (χ1n) is 7.74. The maximum Gasteiger partial charge on any atom is 0.123 e. The zero-order valence-electron chi connectivity index (χ0n) is 12.9. The van der Waals surface area contributed by atoms with Gasteiger partial charge in [-0.2, -0.15) is 0 Å². The van der Waals surface area contributed by atoms with Crippen molar-refractivity contribution in [2.45, 2.75) is 58.0 Å². The molecule has 3 heteroatoms. The second-order valence-electron chi connectivity index (χ2n) is 6.48. The van der Waals surface area contributed by atoms with Gasteiger partial charge in [0.15, 0.2) is 0 Å². The molecule has 0 bridgehead atoms. The van der Waals surface area contributed by atoms with Crippen LogP contribution in [0.2, 0.25) is 0 Å². The zero-order valence-corrected chi connectivity index (χ0v) is 12.9. The van der Waals surface area contributed by atoms with Gasteiger partial charge in [-0.1, -0.05) is 6.92 Å². The molecule has 0 radical (unpaired) electrons. The van der Waals surface area contributed by atoms with Crippen LogP contribution in [0.15, 0.2) is 18.2 Å². The minimum Gasteiger partial charge on any atom is -0.371 e. The van der Waals surface area contributed by atoms with Crippen LogP contribution in [0, 0.1) is 11.7 Å². The third kappa shape index (κ3) is 3.72. The number of nitrogens with zero attached hydrogens (tertiary/aromatic N) is 1. The van der Waals surface area contributed by atoms with Crippen LogP contribution < -0.4 is 10.6 Å². The smallest absolute Gasteiger partial charge is 0.123 e. The molecule has 2 N–H and O–H groups in total. The summed E-state index contributed by atoms with van der Waals surface area (Å²) < 4.78 is 13.5. The molecule has 1 saturated carbocycles. The lowest BCUT2D eigenvalue weighted by Crippen LogP contribution is -2.35. The molecule has 0 aromatic heterocycles. The van der Waals surface area contributed by atoms with Gasteiger partial charge in [0.1, 0.15) is 5.82 Å². The van der Waals surface area contributed by atoms with Crippen molar-refractivity contribution in [2.24, 2.45) is 11.7 Å². The van der Waals surface area contributed by atoms with Gasteiger partial charge in [-0.3, -0.25) is 0 Å². The summed E-state index contributed by atoms with van der Waals surface area (Å²) in [4.78, 5) is 2.34. The molecule has 1 aliphatic carbocycles. The molecular weight excluding hydrogens is 251 g/mol. The van der Waals surface area contributed by atoms with Gasteiger partial charge in [-0.15, -0.1) is 0 Å². The molecule has 0 spiro atoms. The van der Waals surface area contributed by atoms with Crippen LogP contribution in [-0.2, 0) is 6.42 Å². The standard InChI is InChI=1S/C17H27FN2/c1-12-4-7-16(8-5-12)20(3)17-9-6-15(18)11-14(17)10-13(2)19/h6,9,11-13,16H,4-5,7-8,10,19H2,1-3H3. The van der Waals surface area contributed by atoms with Crippen LogP contribution in [0.1, 0.15) is 45.1 Å². The average molecular weight is 278 g/mol. The fraction of sp³-hybridized carbons (Fsp3) is 0.647. The SMILES string of the molecule is CC(N)Cc1cc(F)ccc1N(C)C1CCC(C)CC1. The van der Waals surface area contributed by atoms with Gasteiger partial charge in [0.25, 0.3) is 0 Å². The van der Waals surface area contributed by atoms with Crippen molar-refractivity contribution in [3.8, 4) is 0 Å². The first kappa shape index (κ1) is 15.3. The van der Waals surface area contributed by atoms with E-state index in [9.17, 15) is 4.39 Å². The molecule has 20 heavy (non-hydrogen) atoms. The van der Waals surface area contributed by atoms with Crippen LogP contribution in [0.5, 0.6) is 0 Å². The Morgan fingerprint density at radius 2 is 1.95 bits per heavy atom. The number of rotatable bonds is 4. The molecular formula is C17H27FN2. The first-order valence-corrected chi connectivity index (χ1v) is 7.74. The number of anilines is 1. The van der Waals surface area contributed by atoms with Crippen molar-refractivity contribution >= 4 is 5.69 Å². The van der Waals surface area contributed by atoms with Gasteiger partial charge in [-0.05, 0) is 68.7 Å². The predicted molar refractivity (Wildman–Crippen MR) is 83.6 cm³/mol. The summed E-state index contributed by atoms with van der Waals surface area (Å²) in [5.41, 5.74) is 8.07. The predicted octanol–water partition coefficient (Wildman–Crippen LogP) is 3.73. The number of nitrogens with two attached hydrogens (primary N) is 1. The molecule has 2 nitrogen and oxygen atoms in total. The van der Waals surface area contributed by atoms with E-state index in [0.717, 1.165) is 23.6 Å². The number of benzene rings is 1. The zero-order chi connectivity index (χ0) is 14.7. The van der Waals surface area contributed by atoms with Crippen LogP contribution in [0.3, 0.4) is 0 Å². The highest BCUT2D eigenvalue weighted by molar-refractivity contribution is 5.54. The quantitative estimate of drug-likeness (QED) is 0.909. The van der Waals surface area contributed by atoms with Gasteiger partial charge >= 0.3 is 0 Å². The number of halogens is 1. The molecule has 1 aromatic carbocycles. The Bertz CT molecular complexity index is 437. The second-order valence-corrected chi connectivity index (χ2v) is 6.48. The first-order chi connectivity index (χ1) is 9.47. The number of hydrogen-bond acceptors (Lipinski definition) is 2. The van der Waals surface area contributed by atoms with Gasteiger partial charge in [0.05, 0.1) is 0 Å². The highest BCUT2D eigenvalue weighted by atomic mass is 19.1. The van der Waals surface area contributed by atoms with E-state index in [1.807, 2.05) is 13.0 Å². The molecule has 1 atom stereocenters. The van der Waals surface area contributed by atoms with E-state index in [0.29, 0.717) is 6.04 Å². The summed E-state index contributed by atoms with van der Waals surface area (Å²) in [6.07, 6.45) is 5.76. The van der Waals surface area contributed by atoms with Crippen molar-refractivity contribution in [1.29, 1.82) is 0 Å². The van der Waals surface area contributed by atoms with E-state index >= 15 is 0 Å². The summed E-state index contributed by atoms with van der Waals surface area (Å²) in [5, 5.41) is 0. The topological polar surface area (TPSA) is 29.3 Å². The summed E-state index contributed by atoms with van der Waals surface area (Å²) in [6.45, 7) is 4.30. The molecule has 1 unspecified atom stereocenters. The van der Waals surface area contributed by atoms with Crippen molar-refractivity contribution in [3.05, 3.63) is 29.6 Å². The molecule has 0 heterocycles. The molecule has 1 aromatic rings. The molecule has 112 valence electrons. The van der Waals surface area contributed by atoms with Crippen molar-refractivity contribution in [3.63, 3.8) is 0 Å². The Balaban J connectivity index is 2.18. The Labute approximate surface area is 122 Å². The fourth-order valence-electron chi connectivity index (χ4n) is 3.24.